The Morgan fingerprint density at radius 3 is 2.47 bits per heavy atom. The van der Waals surface area contributed by atoms with E-state index in [1.165, 1.54) is 18.9 Å². The van der Waals surface area contributed by atoms with Gasteiger partial charge in [-0.1, -0.05) is 6.42 Å². The Balaban J connectivity index is 1.00. The average molecular weight is 733 g/mol. The van der Waals surface area contributed by atoms with Crippen LogP contribution in [-0.4, -0.2) is 73.8 Å². The van der Waals surface area contributed by atoms with Gasteiger partial charge in [-0.3, -0.25) is 9.78 Å². The number of hydrogen-bond acceptors (Lipinski definition) is 10. The number of hydrogen-bond donors (Lipinski definition) is 2. The first-order chi connectivity index (χ1) is 25.6. The molecule has 0 bridgehead atoms. The Bertz CT molecular complexity index is 2080. The van der Waals surface area contributed by atoms with Crippen LogP contribution in [0.1, 0.15) is 50.5 Å². The van der Waals surface area contributed by atoms with Crippen LogP contribution >= 0.6 is 0 Å². The summed E-state index contributed by atoms with van der Waals surface area (Å²) in [4.78, 5) is 25.6. The van der Waals surface area contributed by atoms with E-state index in [-0.39, 0.29) is 29.3 Å². The van der Waals surface area contributed by atoms with Crippen LogP contribution in [0.25, 0.3) is 22.0 Å². The number of carbonyl (C=O) groups is 1. The number of rotatable bonds is 11. The lowest BCUT2D eigenvalue weighted by molar-refractivity contribution is -0.137. The molecule has 5 aromatic rings. The first kappa shape index (κ1) is 36.1. The molecule has 3 aromatic carbocycles. The van der Waals surface area contributed by atoms with Crippen molar-refractivity contribution < 1.29 is 36.6 Å². The van der Waals surface area contributed by atoms with Gasteiger partial charge in [0, 0.05) is 66.7 Å². The van der Waals surface area contributed by atoms with Gasteiger partial charge in [-0.2, -0.15) is 18.2 Å². The van der Waals surface area contributed by atoms with E-state index in [1.54, 1.807) is 67.8 Å². The predicted molar refractivity (Wildman–Crippen MR) is 197 cm³/mol. The number of fused-ring (bicyclic) bond motifs is 2. The highest BCUT2D eigenvalue weighted by Crippen LogP contribution is 2.41. The number of pyridine rings is 1. The molecule has 14 heteroatoms. The largest absolute Gasteiger partial charge is 0.493 e. The maximum Gasteiger partial charge on any atom is 0.418 e. The van der Waals surface area contributed by atoms with Gasteiger partial charge in [-0.25, -0.2) is 0 Å². The summed E-state index contributed by atoms with van der Waals surface area (Å²) in [7, 11) is 5.21. The summed E-state index contributed by atoms with van der Waals surface area (Å²) in [5.41, 5.74) is 1.06. The van der Waals surface area contributed by atoms with Crippen molar-refractivity contribution >= 4 is 45.3 Å². The normalized spacial score (nSPS) is 17.2. The zero-order valence-corrected chi connectivity index (χ0v) is 30.0. The number of oxazole rings is 1. The number of benzene rings is 3. The van der Waals surface area contributed by atoms with E-state index < -0.39 is 11.7 Å². The molecule has 2 aromatic heterocycles. The molecule has 2 fully saturated rings. The molecule has 4 heterocycles. The van der Waals surface area contributed by atoms with Gasteiger partial charge in [0.05, 0.1) is 25.3 Å². The van der Waals surface area contributed by atoms with Crippen LogP contribution < -0.4 is 29.7 Å². The summed E-state index contributed by atoms with van der Waals surface area (Å²) in [5.74, 6) is 2.09. The number of aromatic nitrogens is 2. The number of anilines is 3. The Morgan fingerprint density at radius 2 is 1.72 bits per heavy atom. The van der Waals surface area contributed by atoms with Gasteiger partial charge < -0.3 is 39.1 Å². The van der Waals surface area contributed by atoms with Crippen molar-refractivity contribution in [3.63, 3.8) is 0 Å². The molecule has 0 radical (unpaired) electrons. The highest BCUT2D eigenvalue weighted by Gasteiger charge is 2.36. The second kappa shape index (κ2) is 15.4. The number of halogens is 3. The minimum atomic E-state index is -4.59. The maximum atomic E-state index is 14.4. The van der Waals surface area contributed by atoms with Crippen molar-refractivity contribution in [2.24, 2.45) is 0 Å². The first-order valence-electron chi connectivity index (χ1n) is 17.9. The quantitative estimate of drug-likeness (QED) is 0.138. The van der Waals surface area contributed by atoms with Crippen molar-refractivity contribution in [1.29, 1.82) is 0 Å². The van der Waals surface area contributed by atoms with Crippen molar-refractivity contribution in [1.82, 2.24) is 20.2 Å². The van der Waals surface area contributed by atoms with Crippen LogP contribution in [0.5, 0.6) is 23.0 Å². The van der Waals surface area contributed by atoms with Gasteiger partial charge >= 0.3 is 6.18 Å². The van der Waals surface area contributed by atoms with E-state index in [2.05, 4.69) is 32.5 Å². The van der Waals surface area contributed by atoms with Gasteiger partial charge in [0.25, 0.3) is 6.01 Å². The number of nitrogens with zero attached hydrogens (tertiary/aromatic N) is 4. The molecule has 2 N–H and O–H groups in total. The molecule has 1 amide bonds. The van der Waals surface area contributed by atoms with E-state index >= 15 is 0 Å². The molecule has 7 rings (SSSR count). The summed E-state index contributed by atoms with van der Waals surface area (Å²) in [5, 5.41) is 6.72. The van der Waals surface area contributed by atoms with Crippen LogP contribution in [0.3, 0.4) is 0 Å². The highest BCUT2D eigenvalue weighted by atomic mass is 19.4. The van der Waals surface area contributed by atoms with Gasteiger partial charge in [0.15, 0.2) is 17.1 Å². The maximum absolute atomic E-state index is 14.4. The third-order valence-electron chi connectivity index (χ3n) is 10.2. The van der Waals surface area contributed by atoms with Gasteiger partial charge in [-0.05, 0) is 88.2 Å². The molecule has 2 saturated heterocycles. The molecule has 0 spiro atoms. The minimum Gasteiger partial charge on any atom is -0.493 e. The predicted octanol–water partition coefficient (Wildman–Crippen LogP) is 8.30. The first-order valence-corrected chi connectivity index (χ1v) is 17.9. The zero-order valence-electron chi connectivity index (χ0n) is 30.0. The number of carbonyl (C=O) groups excluding carboxylic acids is 1. The number of alkyl halides is 3. The fraction of sp³-hybridized carbons (Fsp3) is 0.410. The zero-order chi connectivity index (χ0) is 37.1. The van der Waals surface area contributed by atoms with E-state index in [4.69, 9.17) is 18.6 Å². The molecule has 2 aliphatic heterocycles. The molecule has 11 nitrogen and oxygen atoms in total. The topological polar surface area (TPSA) is 114 Å². The number of methoxy groups -OCH3 is 2. The van der Waals surface area contributed by atoms with E-state index in [0.717, 1.165) is 25.5 Å². The second-order valence-electron chi connectivity index (χ2n) is 13.6. The molecule has 53 heavy (non-hydrogen) atoms. The van der Waals surface area contributed by atoms with Crippen molar-refractivity contribution in [3.8, 4) is 23.0 Å². The summed E-state index contributed by atoms with van der Waals surface area (Å²) in [6, 6.07) is 14.9. The van der Waals surface area contributed by atoms with Crippen LogP contribution in [0, 0.1) is 0 Å². The molecule has 2 aliphatic rings. The summed E-state index contributed by atoms with van der Waals surface area (Å²) < 4.78 is 66.1. The van der Waals surface area contributed by atoms with Crippen molar-refractivity contribution in [2.75, 3.05) is 51.1 Å². The lowest BCUT2D eigenvalue weighted by Gasteiger charge is -2.36. The number of amides is 1. The standard InChI is InChI=1S/C39H43F3N6O5/c1-47-17-5-4-6-26(47)8-12-37(49)44-24-14-18-48(19-15-24)32-10-7-25(20-29(32)39(40,41)42)45-38-46-31-21-27(9-11-34(31)53-38)52-33-13-16-43-30-23-36(51-3)35(50-2)22-28(30)33/h7,9-11,13,16,20-24,26H,4-6,8,12,14-15,17-19H2,1-3H3,(H,44,49)(H,45,46). The fourth-order valence-corrected chi connectivity index (χ4v) is 7.30. The molecular weight excluding hydrogens is 689 g/mol. The molecule has 0 aliphatic carbocycles. The van der Waals surface area contributed by atoms with Crippen LogP contribution in [0.2, 0.25) is 0 Å². The van der Waals surface area contributed by atoms with Gasteiger partial charge in [-0.15, -0.1) is 0 Å². The second-order valence-corrected chi connectivity index (χ2v) is 13.6. The van der Waals surface area contributed by atoms with E-state index in [1.807, 2.05) is 0 Å². The molecule has 280 valence electrons. The summed E-state index contributed by atoms with van der Waals surface area (Å²) in [6.45, 7) is 1.87. The summed E-state index contributed by atoms with van der Waals surface area (Å²) >= 11 is 0. The Labute approximate surface area is 305 Å². The lowest BCUT2D eigenvalue weighted by Crippen LogP contribution is -2.45. The molecule has 1 unspecified atom stereocenters. The third kappa shape index (κ3) is 8.22. The fourth-order valence-electron chi connectivity index (χ4n) is 7.30. The minimum absolute atomic E-state index is 0.0153. The number of nitrogens with one attached hydrogen (secondary N) is 2. The Hall–Kier alpha value is -5.24. The number of likely N-dealkylation sites (tertiary alicyclic amines) is 1. The monoisotopic (exact) mass is 732 g/mol. The third-order valence-corrected chi connectivity index (χ3v) is 10.2. The SMILES string of the molecule is COc1cc2nccc(Oc3ccc4oc(Nc5ccc(N6CCC(NC(=O)CCC7CCCCN7C)CC6)c(C(F)(F)F)c5)nc4c3)c2cc1OC. The smallest absolute Gasteiger partial charge is 0.418 e. The Kier molecular flexibility index (Phi) is 10.5. The van der Waals surface area contributed by atoms with Crippen LogP contribution in [0.15, 0.2) is 65.2 Å². The molecule has 0 saturated carbocycles. The van der Waals surface area contributed by atoms with Crippen LogP contribution in [0.4, 0.5) is 30.6 Å². The Morgan fingerprint density at radius 1 is 0.925 bits per heavy atom. The number of piperidine rings is 2. The van der Waals surface area contributed by atoms with Crippen molar-refractivity contribution in [2.45, 2.75) is 63.2 Å². The highest BCUT2D eigenvalue weighted by molar-refractivity contribution is 5.88. The van der Waals surface area contributed by atoms with E-state index in [9.17, 15) is 18.0 Å². The van der Waals surface area contributed by atoms with Gasteiger partial charge in [0.1, 0.15) is 17.0 Å². The number of ether oxygens (including phenoxy) is 3. The van der Waals surface area contributed by atoms with Crippen molar-refractivity contribution in [3.05, 3.63) is 66.4 Å². The lowest BCUT2D eigenvalue weighted by atomic mass is 9.98. The summed E-state index contributed by atoms with van der Waals surface area (Å²) in [6.07, 6.45) is 2.97. The van der Waals surface area contributed by atoms with Gasteiger partial charge in [0.2, 0.25) is 5.91 Å². The van der Waals surface area contributed by atoms with E-state index in [0.29, 0.717) is 83.4 Å². The molecule has 1 atom stereocenters. The van der Waals surface area contributed by atoms with Crippen LogP contribution in [-0.2, 0) is 11.0 Å². The molecular formula is C39H43F3N6O5. The average Bonchev–Trinajstić information content (AvgIpc) is 3.55.